The predicted molar refractivity (Wildman–Crippen MR) is 91.9 cm³/mol. The zero-order chi connectivity index (χ0) is 15.1. The standard InChI is InChI=1S/C18H37N3/c1-4-13-19-17-11-7-5-6-8-12-18(17)21(3)15-16-10-9-14-20(16)2/h16-19H,4-15H2,1-3H3. The number of likely N-dealkylation sites (N-methyl/N-ethyl adjacent to an activating group) is 2. The Morgan fingerprint density at radius 3 is 2.48 bits per heavy atom. The van der Waals surface area contributed by atoms with Gasteiger partial charge < -0.3 is 15.1 Å². The second-order valence-corrected chi connectivity index (χ2v) is 7.34. The maximum absolute atomic E-state index is 3.85. The molecule has 1 saturated heterocycles. The fourth-order valence-electron chi connectivity index (χ4n) is 4.24. The molecule has 2 rings (SSSR count). The first-order chi connectivity index (χ1) is 10.2. The van der Waals surface area contributed by atoms with Gasteiger partial charge in [0.05, 0.1) is 0 Å². The largest absolute Gasteiger partial charge is 0.312 e. The molecular formula is C18H37N3. The first-order valence-corrected chi connectivity index (χ1v) is 9.36. The molecule has 3 atom stereocenters. The van der Waals surface area contributed by atoms with Gasteiger partial charge in [-0.25, -0.2) is 0 Å². The van der Waals surface area contributed by atoms with Gasteiger partial charge in [0.2, 0.25) is 0 Å². The molecule has 1 aliphatic carbocycles. The third-order valence-electron chi connectivity index (χ3n) is 5.62. The van der Waals surface area contributed by atoms with E-state index in [1.807, 2.05) is 0 Å². The molecule has 0 aromatic heterocycles. The van der Waals surface area contributed by atoms with Crippen LogP contribution in [0.4, 0.5) is 0 Å². The van der Waals surface area contributed by atoms with Crippen LogP contribution < -0.4 is 5.32 Å². The Hall–Kier alpha value is -0.120. The molecule has 0 aromatic rings. The highest BCUT2D eigenvalue weighted by Gasteiger charge is 2.29. The van der Waals surface area contributed by atoms with E-state index in [4.69, 9.17) is 0 Å². The second kappa shape index (κ2) is 9.12. The summed E-state index contributed by atoms with van der Waals surface area (Å²) in [5.74, 6) is 0. The van der Waals surface area contributed by atoms with Gasteiger partial charge in [0.25, 0.3) is 0 Å². The number of hydrogen-bond acceptors (Lipinski definition) is 3. The minimum Gasteiger partial charge on any atom is -0.312 e. The van der Waals surface area contributed by atoms with Crippen molar-refractivity contribution in [1.82, 2.24) is 15.1 Å². The molecule has 3 heteroatoms. The monoisotopic (exact) mass is 295 g/mol. The van der Waals surface area contributed by atoms with Crippen LogP contribution >= 0.6 is 0 Å². The van der Waals surface area contributed by atoms with Gasteiger partial charge >= 0.3 is 0 Å². The number of rotatable bonds is 6. The second-order valence-electron chi connectivity index (χ2n) is 7.34. The highest BCUT2D eigenvalue weighted by Crippen LogP contribution is 2.23. The Labute approximate surface area is 132 Å². The van der Waals surface area contributed by atoms with Crippen LogP contribution in [-0.2, 0) is 0 Å². The molecule has 0 aromatic carbocycles. The van der Waals surface area contributed by atoms with Gasteiger partial charge in [-0.05, 0) is 59.3 Å². The molecule has 2 aliphatic rings. The maximum Gasteiger partial charge on any atom is 0.0246 e. The van der Waals surface area contributed by atoms with Crippen LogP contribution in [0.15, 0.2) is 0 Å². The van der Waals surface area contributed by atoms with E-state index >= 15 is 0 Å². The Balaban J connectivity index is 1.92. The quantitative estimate of drug-likeness (QED) is 0.812. The van der Waals surface area contributed by atoms with E-state index in [-0.39, 0.29) is 0 Å². The van der Waals surface area contributed by atoms with Crippen molar-refractivity contribution in [2.45, 2.75) is 82.8 Å². The molecule has 3 nitrogen and oxygen atoms in total. The van der Waals surface area contributed by atoms with Crippen LogP contribution in [0.3, 0.4) is 0 Å². The minimum atomic E-state index is 0.710. The SMILES string of the molecule is CCCNC1CCCCCCC1N(C)CC1CCCN1C. The van der Waals surface area contributed by atoms with Crippen molar-refractivity contribution in [2.75, 3.05) is 33.7 Å². The summed E-state index contributed by atoms with van der Waals surface area (Å²) in [7, 11) is 4.68. The predicted octanol–water partition coefficient (Wildman–Crippen LogP) is 3.10. The lowest BCUT2D eigenvalue weighted by atomic mass is 9.91. The lowest BCUT2D eigenvalue weighted by Gasteiger charge is -2.39. The van der Waals surface area contributed by atoms with E-state index in [0.29, 0.717) is 6.04 Å². The molecule has 1 N–H and O–H groups in total. The van der Waals surface area contributed by atoms with Crippen LogP contribution in [-0.4, -0.2) is 61.7 Å². The Bertz CT molecular complexity index is 280. The molecule has 1 aliphatic heterocycles. The number of nitrogens with zero attached hydrogens (tertiary/aromatic N) is 2. The molecule has 3 unspecified atom stereocenters. The molecule has 2 fully saturated rings. The highest BCUT2D eigenvalue weighted by atomic mass is 15.2. The summed E-state index contributed by atoms with van der Waals surface area (Å²) in [6, 6.07) is 2.24. The van der Waals surface area contributed by atoms with Gasteiger partial charge in [-0.3, -0.25) is 0 Å². The molecule has 1 heterocycles. The van der Waals surface area contributed by atoms with Crippen molar-refractivity contribution in [1.29, 1.82) is 0 Å². The van der Waals surface area contributed by atoms with Gasteiger partial charge in [0.15, 0.2) is 0 Å². The fraction of sp³-hybridized carbons (Fsp3) is 1.00. The van der Waals surface area contributed by atoms with Gasteiger partial charge in [-0.1, -0.05) is 32.6 Å². The maximum atomic E-state index is 3.85. The molecule has 21 heavy (non-hydrogen) atoms. The van der Waals surface area contributed by atoms with Gasteiger partial charge in [-0.2, -0.15) is 0 Å². The van der Waals surface area contributed by atoms with Gasteiger partial charge in [0.1, 0.15) is 0 Å². The summed E-state index contributed by atoms with van der Waals surface area (Å²) >= 11 is 0. The topological polar surface area (TPSA) is 18.5 Å². The Kier molecular flexibility index (Phi) is 7.48. The average Bonchev–Trinajstić information content (AvgIpc) is 2.83. The summed E-state index contributed by atoms with van der Waals surface area (Å²) < 4.78 is 0. The number of nitrogens with one attached hydrogen (secondary N) is 1. The minimum absolute atomic E-state index is 0.710. The summed E-state index contributed by atoms with van der Waals surface area (Å²) in [4.78, 5) is 5.25. The van der Waals surface area contributed by atoms with Crippen molar-refractivity contribution < 1.29 is 0 Å². The number of hydrogen-bond donors (Lipinski definition) is 1. The van der Waals surface area contributed by atoms with E-state index in [9.17, 15) is 0 Å². The van der Waals surface area contributed by atoms with Crippen molar-refractivity contribution in [3.8, 4) is 0 Å². The Morgan fingerprint density at radius 1 is 1.05 bits per heavy atom. The van der Waals surface area contributed by atoms with Crippen molar-refractivity contribution >= 4 is 0 Å². The highest BCUT2D eigenvalue weighted by molar-refractivity contribution is 4.88. The molecule has 0 spiro atoms. The van der Waals surface area contributed by atoms with Crippen LogP contribution in [0, 0.1) is 0 Å². The third-order valence-corrected chi connectivity index (χ3v) is 5.62. The van der Waals surface area contributed by atoms with E-state index < -0.39 is 0 Å². The van der Waals surface area contributed by atoms with E-state index in [0.717, 1.165) is 12.1 Å². The number of likely N-dealkylation sites (tertiary alicyclic amines) is 1. The lowest BCUT2D eigenvalue weighted by molar-refractivity contribution is 0.129. The van der Waals surface area contributed by atoms with Crippen LogP contribution in [0.1, 0.15) is 64.7 Å². The molecular weight excluding hydrogens is 258 g/mol. The smallest absolute Gasteiger partial charge is 0.0246 e. The van der Waals surface area contributed by atoms with Gasteiger partial charge in [-0.15, -0.1) is 0 Å². The zero-order valence-corrected chi connectivity index (χ0v) is 14.6. The van der Waals surface area contributed by atoms with E-state index in [1.54, 1.807) is 0 Å². The summed E-state index contributed by atoms with van der Waals surface area (Å²) in [6.45, 7) is 6.01. The lowest BCUT2D eigenvalue weighted by Crippen LogP contribution is -2.52. The van der Waals surface area contributed by atoms with Crippen LogP contribution in [0.5, 0.6) is 0 Å². The van der Waals surface area contributed by atoms with E-state index in [1.165, 1.54) is 77.4 Å². The van der Waals surface area contributed by atoms with Crippen molar-refractivity contribution in [2.24, 2.45) is 0 Å². The zero-order valence-electron chi connectivity index (χ0n) is 14.6. The molecule has 0 bridgehead atoms. The molecule has 1 saturated carbocycles. The normalized spacial score (nSPS) is 32.3. The van der Waals surface area contributed by atoms with Crippen molar-refractivity contribution in [3.63, 3.8) is 0 Å². The molecule has 0 amide bonds. The summed E-state index contributed by atoms with van der Waals surface area (Å²) in [5.41, 5.74) is 0. The molecule has 0 radical (unpaired) electrons. The van der Waals surface area contributed by atoms with Gasteiger partial charge in [0, 0.05) is 24.7 Å². The first kappa shape index (κ1) is 17.2. The average molecular weight is 296 g/mol. The Morgan fingerprint density at radius 2 is 1.81 bits per heavy atom. The van der Waals surface area contributed by atoms with Crippen molar-refractivity contribution in [3.05, 3.63) is 0 Å². The third kappa shape index (κ3) is 5.22. The van der Waals surface area contributed by atoms with Crippen LogP contribution in [0.2, 0.25) is 0 Å². The fourth-order valence-corrected chi connectivity index (χ4v) is 4.24. The van der Waals surface area contributed by atoms with Crippen LogP contribution in [0.25, 0.3) is 0 Å². The molecule has 124 valence electrons. The summed E-state index contributed by atoms with van der Waals surface area (Å²) in [5, 5.41) is 3.85. The van der Waals surface area contributed by atoms with E-state index in [2.05, 4.69) is 36.1 Å². The first-order valence-electron chi connectivity index (χ1n) is 9.36. The summed E-state index contributed by atoms with van der Waals surface area (Å²) in [6.07, 6.45) is 12.5.